The van der Waals surface area contributed by atoms with Crippen LogP contribution in [0.15, 0.2) is 48.0 Å². The fourth-order valence-electron chi connectivity index (χ4n) is 2.16. The first kappa shape index (κ1) is 12.1. The van der Waals surface area contributed by atoms with Gasteiger partial charge in [-0.2, -0.15) is 0 Å². The summed E-state index contributed by atoms with van der Waals surface area (Å²) < 4.78 is 1.26. The predicted molar refractivity (Wildman–Crippen MR) is 82.0 cm³/mol. The molecule has 0 saturated carbocycles. The highest BCUT2D eigenvalue weighted by atomic mass is 32.1. The summed E-state index contributed by atoms with van der Waals surface area (Å²) in [4.78, 5) is 6.62. The van der Waals surface area contributed by atoms with Crippen molar-refractivity contribution in [2.45, 2.75) is 6.54 Å². The Balaban J connectivity index is 2.07. The fourth-order valence-corrected chi connectivity index (χ4v) is 2.94. The van der Waals surface area contributed by atoms with Crippen molar-refractivity contribution in [2.24, 2.45) is 5.73 Å². The van der Waals surface area contributed by atoms with Crippen molar-refractivity contribution < 1.29 is 0 Å². The van der Waals surface area contributed by atoms with Gasteiger partial charge in [0.25, 0.3) is 0 Å². The van der Waals surface area contributed by atoms with Crippen LogP contribution < -0.4 is 10.6 Å². The summed E-state index contributed by atoms with van der Waals surface area (Å²) in [5.74, 6) is 0.980. The Morgan fingerprint density at radius 3 is 3.00 bits per heavy atom. The van der Waals surface area contributed by atoms with Gasteiger partial charge < -0.3 is 10.6 Å². The lowest BCUT2D eigenvalue weighted by Crippen LogP contribution is -2.12. The maximum Gasteiger partial charge on any atom is 0.141 e. The first-order valence-corrected chi connectivity index (χ1v) is 7.02. The number of hydrogen-bond donors (Lipinski definition) is 1. The lowest BCUT2D eigenvalue weighted by atomic mass is 10.2. The number of hydrogen-bond acceptors (Lipinski definition) is 4. The number of benzene rings is 1. The van der Waals surface area contributed by atoms with Crippen molar-refractivity contribution in [1.29, 1.82) is 0 Å². The summed E-state index contributed by atoms with van der Waals surface area (Å²) in [7, 11) is 2.04. The molecule has 0 spiro atoms. The molecule has 0 aliphatic heterocycles. The highest BCUT2D eigenvalue weighted by Gasteiger charge is 2.10. The van der Waals surface area contributed by atoms with E-state index in [1.807, 2.05) is 31.4 Å². The molecule has 0 bridgehead atoms. The standard InChI is InChI=1S/C15H15N3S/c1-18(12-4-2-3-11(9-12)10-16)15-13-6-8-19-14(13)5-7-17-15/h2-9H,10,16H2,1H3. The fraction of sp³-hybridized carbons (Fsp3) is 0.133. The molecule has 0 aliphatic rings. The predicted octanol–water partition coefficient (Wildman–Crippen LogP) is 3.52. The molecule has 0 unspecified atom stereocenters. The zero-order valence-electron chi connectivity index (χ0n) is 10.7. The summed E-state index contributed by atoms with van der Waals surface area (Å²) in [5, 5.41) is 3.29. The van der Waals surface area contributed by atoms with E-state index in [1.54, 1.807) is 11.3 Å². The molecule has 2 aromatic heterocycles. The topological polar surface area (TPSA) is 42.1 Å². The molecule has 2 heterocycles. The van der Waals surface area contributed by atoms with Gasteiger partial charge in [-0.25, -0.2) is 4.98 Å². The molecule has 0 fully saturated rings. The molecule has 0 amide bonds. The van der Waals surface area contributed by atoms with Gasteiger partial charge in [0.1, 0.15) is 5.82 Å². The minimum absolute atomic E-state index is 0.553. The normalized spacial score (nSPS) is 10.8. The highest BCUT2D eigenvalue weighted by Crippen LogP contribution is 2.31. The molecule has 1 aromatic carbocycles. The number of aromatic nitrogens is 1. The Morgan fingerprint density at radius 1 is 1.26 bits per heavy atom. The molecule has 3 nitrogen and oxygen atoms in total. The van der Waals surface area contributed by atoms with E-state index in [2.05, 4.69) is 33.5 Å². The van der Waals surface area contributed by atoms with E-state index in [1.165, 1.54) is 10.1 Å². The van der Waals surface area contributed by atoms with Crippen molar-refractivity contribution in [3.8, 4) is 0 Å². The van der Waals surface area contributed by atoms with Crippen molar-refractivity contribution >= 4 is 32.9 Å². The number of thiophene rings is 1. The SMILES string of the molecule is CN(c1cccc(CN)c1)c1nccc2sccc12. The number of fused-ring (bicyclic) bond motifs is 1. The van der Waals surface area contributed by atoms with Crippen LogP contribution in [-0.2, 0) is 6.54 Å². The van der Waals surface area contributed by atoms with E-state index in [0.29, 0.717) is 6.54 Å². The Labute approximate surface area is 116 Å². The average Bonchev–Trinajstić information content (AvgIpc) is 2.95. The zero-order valence-corrected chi connectivity index (χ0v) is 11.5. The molecule has 96 valence electrons. The van der Waals surface area contributed by atoms with Crippen LogP contribution in [0.4, 0.5) is 11.5 Å². The summed E-state index contributed by atoms with van der Waals surface area (Å²) in [6, 6.07) is 12.4. The van der Waals surface area contributed by atoms with Gasteiger partial charge >= 0.3 is 0 Å². The second-order valence-electron chi connectivity index (χ2n) is 4.40. The number of anilines is 2. The van der Waals surface area contributed by atoms with Gasteiger partial charge in [0, 0.05) is 35.6 Å². The van der Waals surface area contributed by atoms with Gasteiger partial charge in [0.15, 0.2) is 0 Å². The first-order valence-electron chi connectivity index (χ1n) is 6.14. The lowest BCUT2D eigenvalue weighted by molar-refractivity contribution is 1.06. The van der Waals surface area contributed by atoms with E-state index in [0.717, 1.165) is 17.1 Å². The molecule has 4 heteroatoms. The van der Waals surface area contributed by atoms with Crippen molar-refractivity contribution in [1.82, 2.24) is 4.98 Å². The largest absolute Gasteiger partial charge is 0.329 e. The van der Waals surface area contributed by atoms with E-state index < -0.39 is 0 Å². The van der Waals surface area contributed by atoms with E-state index >= 15 is 0 Å². The van der Waals surface area contributed by atoms with Gasteiger partial charge in [-0.15, -0.1) is 11.3 Å². The lowest BCUT2D eigenvalue weighted by Gasteiger charge is -2.19. The molecule has 0 radical (unpaired) electrons. The molecule has 0 aliphatic carbocycles. The van der Waals surface area contributed by atoms with Gasteiger partial charge in [-0.3, -0.25) is 0 Å². The van der Waals surface area contributed by atoms with Crippen LogP contribution in [0.5, 0.6) is 0 Å². The third-order valence-corrected chi connectivity index (χ3v) is 4.09. The monoisotopic (exact) mass is 269 g/mol. The van der Waals surface area contributed by atoms with Gasteiger partial charge in [-0.1, -0.05) is 12.1 Å². The maximum atomic E-state index is 5.70. The third-order valence-electron chi connectivity index (χ3n) is 3.21. The second kappa shape index (κ2) is 4.99. The Bertz CT molecular complexity index is 705. The van der Waals surface area contributed by atoms with Crippen LogP contribution in [0.1, 0.15) is 5.56 Å². The molecular formula is C15H15N3S. The maximum absolute atomic E-state index is 5.70. The van der Waals surface area contributed by atoms with Crippen molar-refractivity contribution in [3.63, 3.8) is 0 Å². The van der Waals surface area contributed by atoms with Crippen LogP contribution in [0, 0.1) is 0 Å². The molecular weight excluding hydrogens is 254 g/mol. The molecule has 0 saturated heterocycles. The van der Waals surface area contributed by atoms with E-state index in [-0.39, 0.29) is 0 Å². The number of rotatable bonds is 3. The summed E-state index contributed by atoms with van der Waals surface area (Å²) in [5.41, 5.74) is 7.93. The van der Waals surface area contributed by atoms with Gasteiger partial charge in [0.05, 0.1) is 0 Å². The molecule has 0 atom stereocenters. The minimum Gasteiger partial charge on any atom is -0.329 e. The smallest absolute Gasteiger partial charge is 0.141 e. The zero-order chi connectivity index (χ0) is 13.2. The van der Waals surface area contributed by atoms with Crippen LogP contribution >= 0.6 is 11.3 Å². The Hall–Kier alpha value is -1.91. The molecule has 3 aromatic rings. The summed E-state index contributed by atoms with van der Waals surface area (Å²) in [6.45, 7) is 0.553. The van der Waals surface area contributed by atoms with Crippen molar-refractivity contribution in [3.05, 3.63) is 53.5 Å². The third kappa shape index (κ3) is 2.20. The summed E-state index contributed by atoms with van der Waals surface area (Å²) >= 11 is 1.74. The highest BCUT2D eigenvalue weighted by molar-refractivity contribution is 7.17. The first-order chi connectivity index (χ1) is 9.29. The van der Waals surface area contributed by atoms with Crippen LogP contribution in [-0.4, -0.2) is 12.0 Å². The van der Waals surface area contributed by atoms with E-state index in [9.17, 15) is 0 Å². The van der Waals surface area contributed by atoms with Gasteiger partial charge in [0.2, 0.25) is 0 Å². The van der Waals surface area contributed by atoms with E-state index in [4.69, 9.17) is 5.73 Å². The van der Waals surface area contributed by atoms with Crippen molar-refractivity contribution in [2.75, 3.05) is 11.9 Å². The Kier molecular flexibility index (Phi) is 3.19. The van der Waals surface area contributed by atoms with Crippen LogP contribution in [0.2, 0.25) is 0 Å². The second-order valence-corrected chi connectivity index (χ2v) is 5.35. The number of nitrogens with two attached hydrogens (primary N) is 1. The number of pyridine rings is 1. The average molecular weight is 269 g/mol. The molecule has 2 N–H and O–H groups in total. The van der Waals surface area contributed by atoms with Crippen LogP contribution in [0.25, 0.3) is 10.1 Å². The van der Waals surface area contributed by atoms with Crippen LogP contribution in [0.3, 0.4) is 0 Å². The number of nitrogens with zero attached hydrogens (tertiary/aromatic N) is 2. The quantitative estimate of drug-likeness (QED) is 0.791. The summed E-state index contributed by atoms with van der Waals surface area (Å²) in [6.07, 6.45) is 1.86. The molecule has 3 rings (SSSR count). The minimum atomic E-state index is 0.553. The Morgan fingerprint density at radius 2 is 2.16 bits per heavy atom. The van der Waals surface area contributed by atoms with Gasteiger partial charge in [-0.05, 0) is 35.2 Å². The molecule has 19 heavy (non-hydrogen) atoms.